The number of allylic oxidation sites excluding steroid dienone is 1. The molecule has 0 aliphatic carbocycles. The summed E-state index contributed by atoms with van der Waals surface area (Å²) in [5.74, 6) is 4.17. The van der Waals surface area contributed by atoms with Crippen LogP contribution < -0.4 is 0 Å². The minimum atomic E-state index is -0.695. The number of aryl methyl sites for hydroxylation is 1. The van der Waals surface area contributed by atoms with Crippen LogP contribution in [-0.2, 0) is 6.42 Å². The lowest BCUT2D eigenvalue weighted by atomic mass is 10.0. The molecule has 0 heterocycles. The molecule has 3 rings (SSSR count). The van der Waals surface area contributed by atoms with Crippen molar-refractivity contribution in [3.05, 3.63) is 102 Å². The van der Waals surface area contributed by atoms with Crippen molar-refractivity contribution >= 4 is 23.1 Å². The summed E-state index contributed by atoms with van der Waals surface area (Å²) in [5, 5.41) is 2.02. The van der Waals surface area contributed by atoms with E-state index in [9.17, 15) is 8.78 Å². The standard InChI is InChI=1S/C25H17F2NS/c1-2-3-4-18-5-10-20(11-6-18)21-12-7-19(8-13-21)9-14-22-15-24(27)25(28-17-29)16-23(22)26/h2,5-8,10-13,15-16H,1,3-4H2. The Hall–Kier alpha value is -3.38. The Kier molecular flexibility index (Phi) is 6.81. The van der Waals surface area contributed by atoms with Crippen LogP contribution in [0.1, 0.15) is 23.1 Å². The highest BCUT2D eigenvalue weighted by Gasteiger charge is 2.07. The molecule has 0 amide bonds. The molecule has 0 aromatic heterocycles. The first-order chi connectivity index (χ1) is 14.1. The van der Waals surface area contributed by atoms with E-state index in [1.54, 1.807) is 0 Å². The first kappa shape index (κ1) is 20.4. The van der Waals surface area contributed by atoms with Gasteiger partial charge in [-0.3, -0.25) is 0 Å². The minimum absolute atomic E-state index is 0.0370. The molecule has 0 atom stereocenters. The molecule has 0 saturated carbocycles. The molecule has 1 nitrogen and oxygen atoms in total. The monoisotopic (exact) mass is 401 g/mol. The van der Waals surface area contributed by atoms with Gasteiger partial charge in [0.15, 0.2) is 5.82 Å². The first-order valence-corrected chi connectivity index (χ1v) is 9.41. The Labute approximate surface area is 174 Å². The summed E-state index contributed by atoms with van der Waals surface area (Å²) in [5.41, 5.74) is 3.91. The third-order valence-corrected chi connectivity index (χ3v) is 4.44. The van der Waals surface area contributed by atoms with Crippen LogP contribution in [0, 0.1) is 23.5 Å². The van der Waals surface area contributed by atoms with Gasteiger partial charge in [0.05, 0.1) is 10.7 Å². The van der Waals surface area contributed by atoms with Crippen molar-refractivity contribution < 1.29 is 8.78 Å². The molecule has 0 aliphatic heterocycles. The van der Waals surface area contributed by atoms with Gasteiger partial charge in [-0.25, -0.2) is 8.78 Å². The molecular weight excluding hydrogens is 384 g/mol. The Morgan fingerprint density at radius 2 is 1.55 bits per heavy atom. The summed E-state index contributed by atoms with van der Waals surface area (Å²) in [6, 6.07) is 18.0. The SMILES string of the molecule is C=CCCc1ccc(-c2ccc(C#Cc3cc(F)c(N=C=S)cc3F)cc2)cc1. The maximum Gasteiger partial charge on any atom is 0.151 e. The molecule has 0 radical (unpaired) electrons. The van der Waals surface area contributed by atoms with E-state index in [1.165, 1.54) is 5.56 Å². The average molecular weight is 401 g/mol. The number of nitrogens with zero attached hydrogens (tertiary/aromatic N) is 1. The normalized spacial score (nSPS) is 9.86. The number of thiocarbonyl (C=S) groups is 1. The van der Waals surface area contributed by atoms with Crippen LogP contribution in [0.2, 0.25) is 0 Å². The number of benzene rings is 3. The lowest BCUT2D eigenvalue weighted by molar-refractivity contribution is 0.599. The number of hydrogen-bond donors (Lipinski definition) is 0. The van der Waals surface area contributed by atoms with Gasteiger partial charge < -0.3 is 0 Å². The van der Waals surface area contributed by atoms with E-state index in [-0.39, 0.29) is 11.3 Å². The van der Waals surface area contributed by atoms with Crippen molar-refractivity contribution in [3.63, 3.8) is 0 Å². The molecule has 142 valence electrons. The van der Waals surface area contributed by atoms with Gasteiger partial charge in [-0.15, -0.1) is 6.58 Å². The third-order valence-electron chi connectivity index (χ3n) is 4.35. The van der Waals surface area contributed by atoms with Crippen LogP contribution in [0.25, 0.3) is 11.1 Å². The van der Waals surface area contributed by atoms with E-state index in [0.29, 0.717) is 5.56 Å². The van der Waals surface area contributed by atoms with Gasteiger partial charge in [-0.1, -0.05) is 54.3 Å². The number of halogens is 2. The lowest BCUT2D eigenvalue weighted by Gasteiger charge is -2.04. The molecule has 3 aromatic rings. The van der Waals surface area contributed by atoms with Crippen molar-refractivity contribution in [1.29, 1.82) is 0 Å². The highest BCUT2D eigenvalue weighted by molar-refractivity contribution is 7.78. The van der Waals surface area contributed by atoms with E-state index in [0.717, 1.165) is 36.1 Å². The molecule has 0 unspecified atom stereocenters. The minimum Gasteiger partial charge on any atom is -0.206 e. The highest BCUT2D eigenvalue weighted by atomic mass is 32.1. The smallest absolute Gasteiger partial charge is 0.151 e. The summed E-state index contributed by atoms with van der Waals surface area (Å²) in [6.07, 6.45) is 3.85. The third kappa shape index (κ3) is 5.33. The molecule has 3 aromatic carbocycles. The zero-order valence-corrected chi connectivity index (χ0v) is 16.4. The summed E-state index contributed by atoms with van der Waals surface area (Å²) in [4.78, 5) is 3.48. The van der Waals surface area contributed by atoms with Crippen LogP contribution in [-0.4, -0.2) is 5.16 Å². The van der Waals surface area contributed by atoms with Crippen molar-refractivity contribution in [3.8, 4) is 23.0 Å². The van der Waals surface area contributed by atoms with Crippen molar-refractivity contribution in [2.45, 2.75) is 12.8 Å². The first-order valence-electron chi connectivity index (χ1n) is 9.00. The fourth-order valence-corrected chi connectivity index (χ4v) is 2.88. The predicted octanol–water partition coefficient (Wildman–Crippen LogP) is 6.88. The molecule has 4 heteroatoms. The van der Waals surface area contributed by atoms with Crippen LogP contribution in [0.5, 0.6) is 0 Å². The van der Waals surface area contributed by atoms with Crippen LogP contribution in [0.15, 0.2) is 78.3 Å². The van der Waals surface area contributed by atoms with Gasteiger partial charge in [-0.05, 0) is 59.9 Å². The van der Waals surface area contributed by atoms with Gasteiger partial charge in [0.1, 0.15) is 11.5 Å². The fourth-order valence-electron chi connectivity index (χ4n) is 2.79. The van der Waals surface area contributed by atoms with Gasteiger partial charge >= 0.3 is 0 Å². The van der Waals surface area contributed by atoms with Crippen LogP contribution >= 0.6 is 12.2 Å². The number of hydrogen-bond acceptors (Lipinski definition) is 2. The maximum absolute atomic E-state index is 14.1. The van der Waals surface area contributed by atoms with Crippen molar-refractivity contribution in [1.82, 2.24) is 0 Å². The quantitative estimate of drug-likeness (QED) is 0.196. The molecule has 0 bridgehead atoms. The van der Waals surface area contributed by atoms with E-state index in [1.807, 2.05) is 35.5 Å². The summed E-state index contributed by atoms with van der Waals surface area (Å²) in [6.45, 7) is 3.74. The van der Waals surface area contributed by atoms with E-state index in [4.69, 9.17) is 0 Å². The van der Waals surface area contributed by atoms with E-state index in [2.05, 4.69) is 59.9 Å². The van der Waals surface area contributed by atoms with E-state index < -0.39 is 11.6 Å². The second kappa shape index (κ2) is 9.71. The summed E-state index contributed by atoms with van der Waals surface area (Å²) >= 11 is 4.42. The van der Waals surface area contributed by atoms with E-state index >= 15 is 0 Å². The Morgan fingerprint density at radius 1 is 0.897 bits per heavy atom. The number of rotatable bonds is 5. The zero-order chi connectivity index (χ0) is 20.6. The Balaban J connectivity index is 1.77. The largest absolute Gasteiger partial charge is 0.206 e. The predicted molar refractivity (Wildman–Crippen MR) is 117 cm³/mol. The number of isothiocyanates is 1. The zero-order valence-electron chi connectivity index (χ0n) is 15.6. The van der Waals surface area contributed by atoms with Gasteiger partial charge in [0.2, 0.25) is 0 Å². The van der Waals surface area contributed by atoms with Gasteiger partial charge in [-0.2, -0.15) is 4.99 Å². The molecule has 0 fully saturated rings. The topological polar surface area (TPSA) is 12.4 Å². The number of aliphatic imine (C=N–C) groups is 1. The van der Waals surface area contributed by atoms with Gasteiger partial charge in [0, 0.05) is 11.6 Å². The highest BCUT2D eigenvalue weighted by Crippen LogP contribution is 2.22. The van der Waals surface area contributed by atoms with Crippen molar-refractivity contribution in [2.75, 3.05) is 0 Å². The second-order valence-corrected chi connectivity index (χ2v) is 6.52. The molecule has 0 saturated heterocycles. The lowest BCUT2D eigenvalue weighted by Crippen LogP contribution is -1.87. The average Bonchev–Trinajstić information content (AvgIpc) is 2.74. The Bertz CT molecular complexity index is 1130. The van der Waals surface area contributed by atoms with Gasteiger partial charge in [0.25, 0.3) is 0 Å². The van der Waals surface area contributed by atoms with Crippen molar-refractivity contribution in [2.24, 2.45) is 4.99 Å². The molecule has 0 spiro atoms. The molecule has 0 aliphatic rings. The molecular formula is C25H17F2NS. The molecule has 29 heavy (non-hydrogen) atoms. The van der Waals surface area contributed by atoms with Crippen LogP contribution in [0.4, 0.5) is 14.5 Å². The fraction of sp³-hybridized carbons (Fsp3) is 0.0800. The summed E-state index contributed by atoms with van der Waals surface area (Å²) in [7, 11) is 0. The summed E-state index contributed by atoms with van der Waals surface area (Å²) < 4.78 is 27.9. The maximum atomic E-state index is 14.1. The van der Waals surface area contributed by atoms with Crippen LogP contribution in [0.3, 0.4) is 0 Å². The Morgan fingerprint density at radius 3 is 2.17 bits per heavy atom. The second-order valence-electron chi connectivity index (χ2n) is 6.34. The molecule has 0 N–H and O–H groups in total.